The first kappa shape index (κ1) is 25.5. The maximum atomic E-state index is 14.9. The van der Waals surface area contributed by atoms with Gasteiger partial charge in [-0.15, -0.1) is 0 Å². The molecule has 0 aromatic heterocycles. The Bertz CT molecular complexity index is 1260. The Balaban J connectivity index is 1.66. The van der Waals surface area contributed by atoms with Crippen LogP contribution in [0.1, 0.15) is 37.7 Å². The lowest BCUT2D eigenvalue weighted by atomic mass is 9.80. The first-order valence-corrected chi connectivity index (χ1v) is 14.2. The molecule has 2 fully saturated rings. The van der Waals surface area contributed by atoms with E-state index in [1.807, 2.05) is 0 Å². The number of aliphatic hydroxyl groups is 1. The fourth-order valence-corrected chi connectivity index (χ4v) is 8.60. The van der Waals surface area contributed by atoms with Gasteiger partial charge >= 0.3 is 0 Å². The monoisotopic (exact) mass is 534 g/mol. The number of β-amino-alcohol motifs (C(OH)–C–C–N with tert-alkyl or cyclic N) is 1. The van der Waals surface area contributed by atoms with E-state index in [9.17, 15) is 30.7 Å². The third-order valence-corrected chi connectivity index (χ3v) is 11.1. The summed E-state index contributed by atoms with van der Waals surface area (Å²) in [6, 6.07) is 7.60. The first-order chi connectivity index (χ1) is 15.9. The molecule has 2 aliphatic rings. The Hall–Kier alpha value is -1.63. The van der Waals surface area contributed by atoms with Crippen molar-refractivity contribution >= 4 is 31.6 Å². The molecule has 0 unspecified atom stereocenters. The molecule has 12 heteroatoms. The van der Waals surface area contributed by atoms with Crippen molar-refractivity contribution in [3.63, 3.8) is 0 Å². The average Bonchev–Trinajstić information content (AvgIpc) is 3.23. The van der Waals surface area contributed by atoms with Gasteiger partial charge in [0.2, 0.25) is 0 Å². The smallest absolute Gasteiger partial charge is 0.279 e. The molecular weight excluding hydrogens is 510 g/mol. The van der Waals surface area contributed by atoms with Gasteiger partial charge in [0.15, 0.2) is 9.84 Å². The van der Waals surface area contributed by atoms with Gasteiger partial charge in [-0.05, 0) is 74.6 Å². The zero-order valence-electron chi connectivity index (χ0n) is 18.1. The Morgan fingerprint density at radius 1 is 1.00 bits per heavy atom. The SMILES string of the molecule is O=S(=O)(NC1CCC(c2cc(F)ccc2F)(S(=O)(=O)c2ccc(Cl)cc2)CC1)N1CC[C@@H](O)C1. The third kappa shape index (κ3) is 4.74. The van der Waals surface area contributed by atoms with Gasteiger partial charge in [-0.25, -0.2) is 17.2 Å². The van der Waals surface area contributed by atoms with Crippen LogP contribution in [0.3, 0.4) is 0 Å². The number of sulfone groups is 1. The lowest BCUT2D eigenvalue weighted by Gasteiger charge is -2.40. The molecule has 0 amide bonds. The van der Waals surface area contributed by atoms with Crippen molar-refractivity contribution in [3.8, 4) is 0 Å². The second kappa shape index (κ2) is 9.44. The quantitative estimate of drug-likeness (QED) is 0.592. The van der Waals surface area contributed by atoms with E-state index >= 15 is 0 Å². The summed E-state index contributed by atoms with van der Waals surface area (Å²) in [5.74, 6) is -1.61. The Morgan fingerprint density at radius 2 is 1.65 bits per heavy atom. The summed E-state index contributed by atoms with van der Waals surface area (Å²) in [6.45, 7) is 0.179. The zero-order valence-corrected chi connectivity index (χ0v) is 20.5. The molecule has 34 heavy (non-hydrogen) atoms. The van der Waals surface area contributed by atoms with Gasteiger partial charge in [0.1, 0.15) is 16.4 Å². The number of nitrogens with zero attached hydrogens (tertiary/aromatic N) is 1. The molecule has 1 aliphatic heterocycles. The molecule has 2 aromatic carbocycles. The van der Waals surface area contributed by atoms with E-state index in [-0.39, 0.29) is 49.2 Å². The number of hydrogen-bond acceptors (Lipinski definition) is 5. The van der Waals surface area contributed by atoms with Crippen molar-refractivity contribution in [1.82, 2.24) is 9.03 Å². The molecule has 0 radical (unpaired) electrons. The second-order valence-electron chi connectivity index (χ2n) is 8.77. The summed E-state index contributed by atoms with van der Waals surface area (Å²) < 4.78 is 84.0. The van der Waals surface area contributed by atoms with Gasteiger partial charge < -0.3 is 5.11 Å². The van der Waals surface area contributed by atoms with Crippen molar-refractivity contribution in [2.24, 2.45) is 0 Å². The number of benzene rings is 2. The highest BCUT2D eigenvalue weighted by atomic mass is 35.5. The van der Waals surface area contributed by atoms with Crippen LogP contribution in [0.5, 0.6) is 0 Å². The number of hydrogen-bond donors (Lipinski definition) is 2. The summed E-state index contributed by atoms with van der Waals surface area (Å²) in [4.78, 5) is -0.0781. The minimum absolute atomic E-state index is 0.00849. The van der Waals surface area contributed by atoms with Gasteiger partial charge in [-0.2, -0.15) is 17.4 Å². The van der Waals surface area contributed by atoms with Crippen molar-refractivity contribution in [1.29, 1.82) is 0 Å². The van der Waals surface area contributed by atoms with Crippen LogP contribution in [0.25, 0.3) is 0 Å². The van der Waals surface area contributed by atoms with Crippen LogP contribution in [-0.2, 0) is 24.8 Å². The molecule has 0 bridgehead atoms. The molecular formula is C22H25ClF2N2O5S2. The number of aliphatic hydroxyl groups excluding tert-OH is 1. The predicted octanol–water partition coefficient (Wildman–Crippen LogP) is 3.13. The molecule has 1 atom stereocenters. The largest absolute Gasteiger partial charge is 0.392 e. The summed E-state index contributed by atoms with van der Waals surface area (Å²) in [5, 5.41) is 9.98. The molecule has 1 aliphatic carbocycles. The zero-order chi connectivity index (χ0) is 24.7. The van der Waals surface area contributed by atoms with E-state index in [0.717, 1.165) is 22.5 Å². The standard InChI is InChI=1S/C22H25ClF2N2O5S2/c23-15-1-4-19(5-2-15)33(29,30)22(20-13-16(24)3-6-21(20)25)10-7-17(8-11-22)26-34(31,32)27-12-9-18(28)14-27/h1-6,13,17-18,26,28H,7-12,14H2/t17?,18-,22?/m1/s1. The topological polar surface area (TPSA) is 104 Å². The van der Waals surface area contributed by atoms with Crippen molar-refractivity contribution in [2.75, 3.05) is 13.1 Å². The van der Waals surface area contributed by atoms with Crippen LogP contribution >= 0.6 is 11.6 Å². The molecule has 4 rings (SSSR count). The molecule has 186 valence electrons. The van der Waals surface area contributed by atoms with Gasteiger partial charge in [0.25, 0.3) is 10.2 Å². The molecule has 1 saturated carbocycles. The lowest BCUT2D eigenvalue weighted by molar-refractivity contribution is 0.189. The van der Waals surface area contributed by atoms with Gasteiger partial charge in [-0.3, -0.25) is 0 Å². The van der Waals surface area contributed by atoms with Gasteiger partial charge in [0, 0.05) is 29.7 Å². The van der Waals surface area contributed by atoms with E-state index in [1.54, 1.807) is 0 Å². The Morgan fingerprint density at radius 3 is 2.24 bits per heavy atom. The summed E-state index contributed by atoms with van der Waals surface area (Å²) in [6.07, 6.45) is -0.428. The van der Waals surface area contributed by atoms with Crippen molar-refractivity contribution in [2.45, 2.75) is 53.9 Å². The summed E-state index contributed by atoms with van der Waals surface area (Å²) >= 11 is 5.90. The van der Waals surface area contributed by atoms with Gasteiger partial charge in [-0.1, -0.05) is 11.6 Å². The predicted molar refractivity (Wildman–Crippen MR) is 123 cm³/mol. The van der Waals surface area contributed by atoms with Gasteiger partial charge in [0.05, 0.1) is 11.0 Å². The molecule has 2 aromatic rings. The summed E-state index contributed by atoms with van der Waals surface area (Å²) in [5.41, 5.74) is -0.272. The minimum Gasteiger partial charge on any atom is -0.392 e. The lowest BCUT2D eigenvalue weighted by Crippen LogP contribution is -2.49. The fraction of sp³-hybridized carbons (Fsp3) is 0.455. The molecule has 1 heterocycles. The van der Waals surface area contributed by atoms with E-state index < -0.39 is 48.6 Å². The molecule has 0 spiro atoms. The fourth-order valence-electron chi connectivity index (χ4n) is 4.78. The highest BCUT2D eigenvalue weighted by Crippen LogP contribution is 2.48. The van der Waals surface area contributed by atoms with E-state index in [0.29, 0.717) is 11.4 Å². The Kier molecular flexibility index (Phi) is 7.07. The number of nitrogens with one attached hydrogen (secondary N) is 1. The summed E-state index contributed by atoms with van der Waals surface area (Å²) in [7, 11) is -8.09. The minimum atomic E-state index is -4.21. The van der Waals surface area contributed by atoms with Crippen molar-refractivity contribution < 1.29 is 30.7 Å². The second-order valence-corrected chi connectivity index (χ2v) is 13.2. The molecule has 1 saturated heterocycles. The normalized spacial score (nSPS) is 26.6. The third-order valence-electron chi connectivity index (χ3n) is 6.63. The van der Waals surface area contributed by atoms with E-state index in [2.05, 4.69) is 4.72 Å². The maximum Gasteiger partial charge on any atom is 0.279 e. The van der Waals surface area contributed by atoms with E-state index in [4.69, 9.17) is 11.6 Å². The van der Waals surface area contributed by atoms with E-state index in [1.165, 1.54) is 24.3 Å². The maximum absolute atomic E-state index is 14.9. The van der Waals surface area contributed by atoms with Crippen LogP contribution in [0, 0.1) is 11.6 Å². The highest BCUT2D eigenvalue weighted by Gasteiger charge is 2.50. The first-order valence-electron chi connectivity index (χ1n) is 10.9. The molecule has 7 nitrogen and oxygen atoms in total. The van der Waals surface area contributed by atoms with Crippen LogP contribution in [0.4, 0.5) is 8.78 Å². The van der Waals surface area contributed by atoms with Crippen LogP contribution in [0.15, 0.2) is 47.4 Å². The van der Waals surface area contributed by atoms with Crippen LogP contribution in [-0.4, -0.2) is 51.5 Å². The Labute approximate surface area is 202 Å². The average molecular weight is 535 g/mol. The number of halogens is 3. The van der Waals surface area contributed by atoms with Crippen LogP contribution < -0.4 is 4.72 Å². The van der Waals surface area contributed by atoms with Crippen molar-refractivity contribution in [3.05, 3.63) is 64.7 Å². The van der Waals surface area contributed by atoms with Crippen LogP contribution in [0.2, 0.25) is 5.02 Å². The molecule has 2 N–H and O–H groups in total. The number of rotatable bonds is 6. The highest BCUT2D eigenvalue weighted by molar-refractivity contribution is 7.92.